The molecule has 1 heterocycles. The Labute approximate surface area is 114 Å². The molecule has 1 aromatic heterocycles. The van der Waals surface area contributed by atoms with Crippen molar-refractivity contribution in [1.82, 2.24) is 4.98 Å². The van der Waals surface area contributed by atoms with Crippen LogP contribution in [0.15, 0.2) is 0 Å². The van der Waals surface area contributed by atoms with Crippen LogP contribution < -0.4 is 10.6 Å². The summed E-state index contributed by atoms with van der Waals surface area (Å²) in [6.07, 6.45) is 6.48. The first-order chi connectivity index (χ1) is 8.67. The molecule has 1 aromatic rings. The van der Waals surface area contributed by atoms with Crippen molar-refractivity contribution in [3.8, 4) is 0 Å². The molecule has 2 rings (SSSR count). The average molecular weight is 267 g/mol. The van der Waals surface area contributed by atoms with Crippen molar-refractivity contribution in [3.05, 3.63) is 10.6 Å². The van der Waals surface area contributed by atoms with E-state index >= 15 is 0 Å². The smallest absolute Gasteiger partial charge is 0.185 e. The summed E-state index contributed by atoms with van der Waals surface area (Å²) >= 11 is 1.79. The van der Waals surface area contributed by atoms with Crippen molar-refractivity contribution in [2.24, 2.45) is 5.73 Å². The zero-order chi connectivity index (χ0) is 13.1. The summed E-state index contributed by atoms with van der Waals surface area (Å²) in [5.41, 5.74) is 7.09. The molecule has 4 heteroatoms. The molecule has 18 heavy (non-hydrogen) atoms. The van der Waals surface area contributed by atoms with E-state index in [1.165, 1.54) is 36.3 Å². The van der Waals surface area contributed by atoms with Gasteiger partial charge in [0, 0.05) is 24.5 Å². The second kappa shape index (κ2) is 6.02. The molecule has 2 N–H and O–H groups in total. The van der Waals surface area contributed by atoms with Crippen LogP contribution >= 0.6 is 11.3 Å². The van der Waals surface area contributed by atoms with E-state index in [1.54, 1.807) is 11.3 Å². The average Bonchev–Trinajstić information content (AvgIpc) is 3.05. The summed E-state index contributed by atoms with van der Waals surface area (Å²) < 4.78 is 0. The van der Waals surface area contributed by atoms with Gasteiger partial charge >= 0.3 is 0 Å². The predicted molar refractivity (Wildman–Crippen MR) is 79.4 cm³/mol. The molecular formula is C14H25N3S. The first-order valence-electron chi connectivity index (χ1n) is 7.09. The molecule has 1 fully saturated rings. The standard InChI is InChI=1S/C14H25N3S/c1-4-10(2)13-12(9-15)18-14(16-13)17(3)11-7-5-6-8-11/h10-11H,4-9,15H2,1-3H3. The van der Waals surface area contributed by atoms with E-state index in [0.717, 1.165) is 11.6 Å². The van der Waals surface area contributed by atoms with Crippen molar-refractivity contribution < 1.29 is 0 Å². The summed E-state index contributed by atoms with van der Waals surface area (Å²) in [5.74, 6) is 0.519. The summed E-state index contributed by atoms with van der Waals surface area (Å²) in [6, 6.07) is 0.687. The topological polar surface area (TPSA) is 42.2 Å². The number of rotatable bonds is 5. The molecule has 1 unspecified atom stereocenters. The highest BCUT2D eigenvalue weighted by molar-refractivity contribution is 7.15. The Balaban J connectivity index is 2.20. The van der Waals surface area contributed by atoms with Crippen LogP contribution in [0.4, 0.5) is 5.13 Å². The van der Waals surface area contributed by atoms with Crippen molar-refractivity contribution in [3.63, 3.8) is 0 Å². The van der Waals surface area contributed by atoms with Crippen molar-refractivity contribution in [1.29, 1.82) is 0 Å². The van der Waals surface area contributed by atoms with Crippen molar-refractivity contribution >= 4 is 16.5 Å². The highest BCUT2D eigenvalue weighted by Crippen LogP contribution is 2.34. The fourth-order valence-corrected chi connectivity index (χ4v) is 3.77. The minimum atomic E-state index is 0.519. The van der Waals surface area contributed by atoms with Crippen LogP contribution in [-0.2, 0) is 6.54 Å². The lowest BCUT2D eigenvalue weighted by Gasteiger charge is -2.23. The monoisotopic (exact) mass is 267 g/mol. The maximum atomic E-state index is 5.86. The molecule has 1 aliphatic carbocycles. The second-order valence-corrected chi connectivity index (χ2v) is 6.43. The number of hydrogen-bond donors (Lipinski definition) is 1. The van der Waals surface area contributed by atoms with Crippen molar-refractivity contribution in [2.75, 3.05) is 11.9 Å². The molecular weight excluding hydrogens is 242 g/mol. The van der Waals surface area contributed by atoms with E-state index in [2.05, 4.69) is 25.8 Å². The van der Waals surface area contributed by atoms with Gasteiger partial charge in [-0.3, -0.25) is 0 Å². The molecule has 3 nitrogen and oxygen atoms in total. The van der Waals surface area contributed by atoms with Gasteiger partial charge in [-0.15, -0.1) is 11.3 Å². The number of hydrogen-bond acceptors (Lipinski definition) is 4. The van der Waals surface area contributed by atoms with Gasteiger partial charge in [0.15, 0.2) is 5.13 Å². The van der Waals surface area contributed by atoms with Gasteiger partial charge in [-0.1, -0.05) is 26.7 Å². The van der Waals surface area contributed by atoms with Gasteiger partial charge in [0.05, 0.1) is 5.69 Å². The van der Waals surface area contributed by atoms with E-state index < -0.39 is 0 Å². The number of anilines is 1. The van der Waals surface area contributed by atoms with E-state index in [1.807, 2.05) is 0 Å². The Bertz CT molecular complexity index is 382. The first kappa shape index (κ1) is 13.8. The Morgan fingerprint density at radius 2 is 2.11 bits per heavy atom. The zero-order valence-electron chi connectivity index (χ0n) is 11.8. The summed E-state index contributed by atoms with van der Waals surface area (Å²) in [7, 11) is 2.19. The SMILES string of the molecule is CCC(C)c1nc(N(C)C2CCCC2)sc1CN. The molecule has 1 aliphatic rings. The molecule has 0 aromatic carbocycles. The third-order valence-corrected chi connectivity index (χ3v) is 5.34. The van der Waals surface area contributed by atoms with Crippen LogP contribution in [0.25, 0.3) is 0 Å². The van der Waals surface area contributed by atoms with Crippen LogP contribution in [0, 0.1) is 0 Å². The molecule has 0 aliphatic heterocycles. The Morgan fingerprint density at radius 3 is 2.67 bits per heavy atom. The third-order valence-electron chi connectivity index (χ3n) is 4.15. The summed E-state index contributed by atoms with van der Waals surface area (Å²) in [4.78, 5) is 8.51. The van der Waals surface area contributed by atoms with Gasteiger partial charge in [-0.25, -0.2) is 4.98 Å². The minimum absolute atomic E-state index is 0.519. The number of nitrogens with two attached hydrogens (primary N) is 1. The molecule has 0 amide bonds. The molecule has 0 radical (unpaired) electrons. The third kappa shape index (κ3) is 2.69. The lowest BCUT2D eigenvalue weighted by molar-refractivity contribution is 0.646. The van der Waals surface area contributed by atoms with Gasteiger partial charge in [-0.2, -0.15) is 0 Å². The number of thiazole rings is 1. The van der Waals surface area contributed by atoms with E-state index in [-0.39, 0.29) is 0 Å². The lowest BCUT2D eigenvalue weighted by atomic mass is 10.0. The first-order valence-corrected chi connectivity index (χ1v) is 7.91. The second-order valence-electron chi connectivity index (χ2n) is 5.37. The van der Waals surface area contributed by atoms with Gasteiger partial charge in [0.25, 0.3) is 0 Å². The quantitative estimate of drug-likeness (QED) is 0.888. The largest absolute Gasteiger partial charge is 0.348 e. The van der Waals surface area contributed by atoms with Gasteiger partial charge < -0.3 is 10.6 Å². The van der Waals surface area contributed by atoms with E-state index in [4.69, 9.17) is 10.7 Å². The normalized spacial score (nSPS) is 18.2. The van der Waals surface area contributed by atoms with Gasteiger partial charge in [0.2, 0.25) is 0 Å². The maximum Gasteiger partial charge on any atom is 0.185 e. The summed E-state index contributed by atoms with van der Waals surface area (Å²) in [6.45, 7) is 5.08. The number of nitrogens with zero attached hydrogens (tertiary/aromatic N) is 2. The van der Waals surface area contributed by atoms with Gasteiger partial charge in [0.1, 0.15) is 0 Å². The van der Waals surface area contributed by atoms with E-state index in [9.17, 15) is 0 Å². The molecule has 1 atom stereocenters. The fraction of sp³-hybridized carbons (Fsp3) is 0.786. The molecule has 1 saturated carbocycles. The Hall–Kier alpha value is -0.610. The van der Waals surface area contributed by atoms with Crippen LogP contribution in [0.3, 0.4) is 0 Å². The maximum absolute atomic E-state index is 5.86. The van der Waals surface area contributed by atoms with Crippen LogP contribution in [0.2, 0.25) is 0 Å². The Kier molecular flexibility index (Phi) is 4.62. The fourth-order valence-electron chi connectivity index (χ4n) is 2.67. The molecule has 0 saturated heterocycles. The summed E-state index contributed by atoms with van der Waals surface area (Å²) in [5, 5.41) is 1.16. The van der Waals surface area contributed by atoms with Crippen LogP contribution in [-0.4, -0.2) is 18.1 Å². The molecule has 0 spiro atoms. The highest BCUT2D eigenvalue weighted by atomic mass is 32.1. The number of aromatic nitrogens is 1. The van der Waals surface area contributed by atoms with Crippen LogP contribution in [0.1, 0.15) is 62.4 Å². The van der Waals surface area contributed by atoms with Gasteiger partial charge in [-0.05, 0) is 25.2 Å². The highest BCUT2D eigenvalue weighted by Gasteiger charge is 2.24. The van der Waals surface area contributed by atoms with Crippen molar-refractivity contribution in [2.45, 2.75) is 64.5 Å². The molecule has 102 valence electrons. The Morgan fingerprint density at radius 1 is 1.44 bits per heavy atom. The predicted octanol–water partition coefficient (Wildman–Crippen LogP) is 3.49. The zero-order valence-corrected chi connectivity index (χ0v) is 12.6. The minimum Gasteiger partial charge on any atom is -0.348 e. The van der Waals surface area contributed by atoms with Crippen LogP contribution in [0.5, 0.6) is 0 Å². The molecule has 0 bridgehead atoms. The van der Waals surface area contributed by atoms with E-state index in [0.29, 0.717) is 18.5 Å². The lowest BCUT2D eigenvalue weighted by Crippen LogP contribution is -2.28.